The summed E-state index contributed by atoms with van der Waals surface area (Å²) < 4.78 is 38.7. The Bertz CT molecular complexity index is 724. The lowest BCUT2D eigenvalue weighted by atomic mass is 9.79. The van der Waals surface area contributed by atoms with Crippen molar-refractivity contribution in [3.63, 3.8) is 0 Å². The highest BCUT2D eigenvalue weighted by molar-refractivity contribution is 8.08. The number of hydrogen-bond acceptors (Lipinski definition) is 9. The minimum Gasteiger partial charge on any atom is -0.456 e. The van der Waals surface area contributed by atoms with Crippen molar-refractivity contribution < 1.29 is 36.4 Å². The van der Waals surface area contributed by atoms with Gasteiger partial charge in [0.2, 0.25) is 0 Å². The maximum atomic E-state index is 12.5. The number of rotatable bonds is 10. The third kappa shape index (κ3) is 7.25. The fraction of sp³-hybridized carbons (Fsp3) is 0.611. The summed E-state index contributed by atoms with van der Waals surface area (Å²) in [4.78, 5) is 16.6. The van der Waals surface area contributed by atoms with Gasteiger partial charge in [0, 0.05) is 0 Å². The normalized spacial score (nSPS) is 16.0. The predicted molar refractivity (Wildman–Crippen MR) is 104 cm³/mol. The third-order valence-corrected chi connectivity index (χ3v) is 6.73. The van der Waals surface area contributed by atoms with E-state index in [1.807, 2.05) is 13.8 Å². The quantitative estimate of drug-likeness (QED) is 0.135. The van der Waals surface area contributed by atoms with E-state index in [9.17, 15) is 13.2 Å². The molecule has 0 radical (unpaired) electrons. The molecule has 1 aromatic carbocycles. The van der Waals surface area contributed by atoms with E-state index in [2.05, 4.69) is 14.3 Å². The maximum Gasteiger partial charge on any atom is 0.338 e. The van der Waals surface area contributed by atoms with E-state index in [1.54, 1.807) is 0 Å². The van der Waals surface area contributed by atoms with Gasteiger partial charge < -0.3 is 8.92 Å². The predicted octanol–water partition coefficient (Wildman–Crippen LogP) is 4.03. The fourth-order valence-electron chi connectivity index (χ4n) is 3.12. The summed E-state index contributed by atoms with van der Waals surface area (Å²) in [7, 11) is -2.69. The number of esters is 1. The van der Waals surface area contributed by atoms with Crippen molar-refractivity contribution in [2.75, 3.05) is 12.2 Å². The van der Waals surface area contributed by atoms with Gasteiger partial charge in [0.05, 0.1) is 24.7 Å². The number of hydrogen-bond donors (Lipinski definition) is 0. The van der Waals surface area contributed by atoms with Gasteiger partial charge in [-0.2, -0.15) is 8.42 Å². The molecule has 1 aliphatic rings. The monoisotopic (exact) mass is 434 g/mol. The molecular weight excluding hydrogens is 408 g/mol. The van der Waals surface area contributed by atoms with Gasteiger partial charge in [0.1, 0.15) is 11.4 Å². The van der Waals surface area contributed by atoms with E-state index < -0.39 is 26.8 Å². The van der Waals surface area contributed by atoms with Crippen molar-refractivity contribution in [2.24, 2.45) is 5.92 Å². The summed E-state index contributed by atoms with van der Waals surface area (Å²) in [6, 6.07) is 5.75. The third-order valence-electron chi connectivity index (χ3n) is 4.59. The van der Waals surface area contributed by atoms with Crippen LogP contribution in [-0.4, -0.2) is 32.2 Å². The lowest BCUT2D eigenvalue weighted by molar-refractivity contribution is -0.447. The minimum atomic E-state index is -3.91. The van der Waals surface area contributed by atoms with Gasteiger partial charge in [-0.15, -0.1) is 4.33 Å². The number of benzene rings is 1. The van der Waals surface area contributed by atoms with Crippen LogP contribution in [0.5, 0.6) is 5.75 Å². The van der Waals surface area contributed by atoms with Gasteiger partial charge in [-0.05, 0) is 56.9 Å². The van der Waals surface area contributed by atoms with E-state index in [1.165, 1.54) is 37.8 Å². The zero-order valence-corrected chi connectivity index (χ0v) is 17.8. The summed E-state index contributed by atoms with van der Waals surface area (Å²) in [5.41, 5.74) is -0.211. The fourth-order valence-corrected chi connectivity index (χ4v) is 4.44. The van der Waals surface area contributed by atoms with Crippen LogP contribution in [0.2, 0.25) is 0 Å². The summed E-state index contributed by atoms with van der Waals surface area (Å²) >= 11 is 0.498. The van der Waals surface area contributed by atoms with Gasteiger partial charge in [-0.3, -0.25) is 0 Å². The first-order valence-corrected chi connectivity index (χ1v) is 11.5. The standard InChI is InChI=1S/C18H26O8S2/c1-18(2,15-7-5-4-6-8-15)23-17(19)14-9-11-16(12-10-14)24-28(20,21)13-27-26-25-22-3/h9-12,15H,4-8,13H2,1-3H3. The van der Waals surface area contributed by atoms with Crippen LogP contribution >= 0.6 is 12.0 Å². The molecule has 0 bridgehead atoms. The Labute approximate surface area is 170 Å². The molecule has 1 aromatic rings. The van der Waals surface area contributed by atoms with Crippen molar-refractivity contribution in [1.29, 1.82) is 0 Å². The molecular formula is C18H26O8S2. The minimum absolute atomic E-state index is 0.0800. The second-order valence-corrected chi connectivity index (χ2v) is 9.63. The molecule has 0 unspecified atom stereocenters. The van der Waals surface area contributed by atoms with Crippen molar-refractivity contribution in [3.05, 3.63) is 29.8 Å². The Hall–Kier alpha value is -1.33. The van der Waals surface area contributed by atoms with Gasteiger partial charge in [0.25, 0.3) is 0 Å². The molecule has 2 rings (SSSR count). The smallest absolute Gasteiger partial charge is 0.338 e. The van der Waals surface area contributed by atoms with Gasteiger partial charge in [-0.1, -0.05) is 24.3 Å². The summed E-state index contributed by atoms with van der Waals surface area (Å²) in [6.45, 7) is 3.88. The van der Waals surface area contributed by atoms with E-state index in [-0.39, 0.29) is 5.75 Å². The van der Waals surface area contributed by atoms with Crippen LogP contribution in [0.1, 0.15) is 56.3 Å². The molecule has 0 saturated heterocycles. The Morgan fingerprint density at radius 3 is 2.39 bits per heavy atom. The maximum absolute atomic E-state index is 12.5. The van der Waals surface area contributed by atoms with Crippen molar-refractivity contribution in [2.45, 2.75) is 51.6 Å². The van der Waals surface area contributed by atoms with E-state index in [0.29, 0.717) is 23.5 Å². The first-order valence-electron chi connectivity index (χ1n) is 8.98. The lowest BCUT2D eigenvalue weighted by Crippen LogP contribution is -2.37. The molecule has 0 aromatic heterocycles. The molecule has 10 heteroatoms. The Morgan fingerprint density at radius 1 is 1.14 bits per heavy atom. The van der Waals surface area contributed by atoms with Crippen molar-refractivity contribution in [1.82, 2.24) is 0 Å². The zero-order chi connectivity index (χ0) is 20.6. The van der Waals surface area contributed by atoms with Crippen LogP contribution < -0.4 is 4.18 Å². The number of carbonyl (C=O) groups is 1. The van der Waals surface area contributed by atoms with Crippen LogP contribution in [-0.2, 0) is 29.1 Å². The van der Waals surface area contributed by atoms with Gasteiger partial charge in [0.15, 0.2) is 5.08 Å². The molecule has 158 valence electrons. The number of ether oxygens (including phenoxy) is 1. The SMILES string of the molecule is COOOSCS(=O)(=O)Oc1ccc(C(=O)OC(C)(C)C2CCCCC2)cc1. The zero-order valence-electron chi connectivity index (χ0n) is 16.2. The number of carbonyl (C=O) groups excluding carboxylic acids is 1. The van der Waals surface area contributed by atoms with E-state index >= 15 is 0 Å². The molecule has 0 N–H and O–H groups in total. The van der Waals surface area contributed by atoms with Crippen LogP contribution in [0, 0.1) is 5.92 Å². The molecule has 0 heterocycles. The first-order chi connectivity index (χ1) is 13.2. The van der Waals surface area contributed by atoms with E-state index in [4.69, 9.17) is 8.92 Å². The van der Waals surface area contributed by atoms with Crippen LogP contribution in [0.4, 0.5) is 0 Å². The first kappa shape index (κ1) is 23.0. The van der Waals surface area contributed by atoms with Crippen molar-refractivity contribution >= 4 is 28.1 Å². The van der Waals surface area contributed by atoms with Gasteiger partial charge in [-0.25, -0.2) is 9.68 Å². The topological polar surface area (TPSA) is 97.4 Å². The highest BCUT2D eigenvalue weighted by atomic mass is 32.3. The molecule has 28 heavy (non-hydrogen) atoms. The van der Waals surface area contributed by atoms with Gasteiger partial charge >= 0.3 is 16.1 Å². The Balaban J connectivity index is 1.91. The highest BCUT2D eigenvalue weighted by Crippen LogP contribution is 2.35. The molecule has 0 aliphatic heterocycles. The molecule has 1 aliphatic carbocycles. The Morgan fingerprint density at radius 2 is 1.79 bits per heavy atom. The van der Waals surface area contributed by atoms with Crippen LogP contribution in [0.15, 0.2) is 24.3 Å². The Kier molecular flexibility index (Phi) is 8.56. The van der Waals surface area contributed by atoms with Crippen molar-refractivity contribution in [3.8, 4) is 5.75 Å². The molecule has 0 spiro atoms. The largest absolute Gasteiger partial charge is 0.456 e. The highest BCUT2D eigenvalue weighted by Gasteiger charge is 2.34. The molecule has 1 saturated carbocycles. The molecule has 8 nitrogen and oxygen atoms in total. The van der Waals surface area contributed by atoms with E-state index in [0.717, 1.165) is 25.7 Å². The second kappa shape index (κ2) is 10.4. The lowest BCUT2D eigenvalue weighted by Gasteiger charge is -2.36. The second-order valence-electron chi connectivity index (χ2n) is 7.03. The molecule has 0 atom stereocenters. The average Bonchev–Trinajstić information content (AvgIpc) is 2.66. The molecule has 1 fully saturated rings. The van der Waals surface area contributed by atoms with Crippen LogP contribution in [0.25, 0.3) is 0 Å². The molecule has 0 amide bonds. The average molecular weight is 435 g/mol. The summed E-state index contributed by atoms with van der Waals surface area (Å²) in [5, 5.41) is 3.59. The summed E-state index contributed by atoms with van der Waals surface area (Å²) in [5.74, 6) is -0.0123. The van der Waals surface area contributed by atoms with Crippen LogP contribution in [0.3, 0.4) is 0 Å². The summed E-state index contributed by atoms with van der Waals surface area (Å²) in [6.07, 6.45) is 5.67.